The largest absolute Gasteiger partial charge is 0.331 e. The van der Waals surface area contributed by atoms with Crippen LogP contribution in [0.2, 0.25) is 0 Å². The molecule has 0 aliphatic carbocycles. The van der Waals surface area contributed by atoms with E-state index < -0.39 is 10.0 Å². The van der Waals surface area contributed by atoms with Crippen molar-refractivity contribution in [2.75, 3.05) is 22.4 Å². The maximum absolute atomic E-state index is 13.4. The van der Waals surface area contributed by atoms with E-state index in [4.69, 9.17) is 0 Å². The van der Waals surface area contributed by atoms with Gasteiger partial charge in [-0.3, -0.25) is 0 Å². The number of hydrogen-bond donors (Lipinski definition) is 0. The Morgan fingerprint density at radius 1 is 1.07 bits per heavy atom. The topological polar surface area (TPSA) is 66.4 Å². The van der Waals surface area contributed by atoms with E-state index in [-0.39, 0.29) is 11.6 Å². The van der Waals surface area contributed by atoms with Gasteiger partial charge >= 0.3 is 0 Å². The summed E-state index contributed by atoms with van der Waals surface area (Å²) in [4.78, 5) is 11.4. The van der Waals surface area contributed by atoms with Gasteiger partial charge in [-0.15, -0.1) is 6.58 Å². The lowest BCUT2D eigenvalue weighted by Crippen LogP contribution is -2.36. The molecule has 0 amide bonds. The minimum atomic E-state index is -3.76. The number of benzene rings is 2. The molecule has 7 heteroatoms. The van der Waals surface area contributed by atoms with Crippen LogP contribution >= 0.6 is 0 Å². The average molecular weight is 380 g/mol. The number of aromatic nitrogens is 2. The molecule has 2 heterocycles. The Kier molecular flexibility index (Phi) is 4.11. The van der Waals surface area contributed by atoms with Gasteiger partial charge in [-0.25, -0.2) is 22.7 Å². The monoisotopic (exact) mass is 380 g/mol. The number of aryl methyl sites for hydroxylation is 2. The van der Waals surface area contributed by atoms with Crippen molar-refractivity contribution in [3.8, 4) is 0 Å². The second-order valence-corrected chi connectivity index (χ2v) is 8.47. The second-order valence-electron chi connectivity index (χ2n) is 6.63. The van der Waals surface area contributed by atoms with Crippen molar-refractivity contribution in [1.29, 1.82) is 0 Å². The molecule has 4 rings (SSSR count). The van der Waals surface area contributed by atoms with E-state index in [9.17, 15) is 8.42 Å². The molecule has 3 aromatic rings. The Hall–Kier alpha value is -2.93. The van der Waals surface area contributed by atoms with E-state index in [1.165, 1.54) is 4.31 Å². The summed E-state index contributed by atoms with van der Waals surface area (Å²) in [6.45, 7) is 8.17. The third-order valence-corrected chi connectivity index (χ3v) is 6.50. The highest BCUT2D eigenvalue weighted by Gasteiger charge is 2.38. The number of sulfonamides is 1. The van der Waals surface area contributed by atoms with Crippen LogP contribution < -0.4 is 9.21 Å². The first-order chi connectivity index (χ1) is 12.9. The van der Waals surface area contributed by atoms with Crippen molar-refractivity contribution in [3.63, 3.8) is 0 Å². The summed E-state index contributed by atoms with van der Waals surface area (Å²) in [6.07, 6.45) is 1.73. The summed E-state index contributed by atoms with van der Waals surface area (Å²) in [7, 11) is -3.76. The second kappa shape index (κ2) is 6.35. The van der Waals surface area contributed by atoms with Crippen molar-refractivity contribution in [2.45, 2.75) is 18.7 Å². The zero-order valence-electron chi connectivity index (χ0n) is 15.3. The van der Waals surface area contributed by atoms with Crippen LogP contribution in [-0.4, -0.2) is 31.6 Å². The summed E-state index contributed by atoms with van der Waals surface area (Å²) < 4.78 is 28.2. The number of hydrogen-bond acceptors (Lipinski definition) is 5. The Bertz CT molecular complexity index is 1160. The van der Waals surface area contributed by atoms with E-state index >= 15 is 0 Å². The van der Waals surface area contributed by atoms with Crippen LogP contribution in [0.5, 0.6) is 0 Å². The van der Waals surface area contributed by atoms with Gasteiger partial charge in [0.25, 0.3) is 10.0 Å². The van der Waals surface area contributed by atoms with Gasteiger partial charge in [0.2, 0.25) is 0 Å². The lowest BCUT2D eigenvalue weighted by atomic mass is 10.2. The highest BCUT2D eigenvalue weighted by Crippen LogP contribution is 2.38. The van der Waals surface area contributed by atoms with E-state index in [1.54, 1.807) is 12.1 Å². The Balaban J connectivity index is 1.90. The van der Waals surface area contributed by atoms with Crippen molar-refractivity contribution < 1.29 is 8.42 Å². The van der Waals surface area contributed by atoms with E-state index in [0.717, 1.165) is 11.1 Å². The van der Waals surface area contributed by atoms with Crippen molar-refractivity contribution >= 4 is 32.7 Å². The number of fused-ring (bicyclic) bond motifs is 2. The highest BCUT2D eigenvalue weighted by molar-refractivity contribution is 7.93. The fraction of sp³-hybridized carbons (Fsp3) is 0.200. The zero-order chi connectivity index (χ0) is 19.2. The minimum absolute atomic E-state index is 0.160. The molecule has 0 spiro atoms. The number of anilines is 2. The first-order valence-electron chi connectivity index (χ1n) is 8.64. The van der Waals surface area contributed by atoms with Crippen LogP contribution in [0.1, 0.15) is 11.1 Å². The minimum Gasteiger partial charge on any atom is -0.331 e. The molecule has 0 atom stereocenters. The van der Waals surface area contributed by atoms with Crippen molar-refractivity contribution in [3.05, 3.63) is 66.2 Å². The molecular weight excluding hydrogens is 360 g/mol. The number of para-hydroxylation sites is 2. The molecule has 0 N–H and O–H groups in total. The molecule has 27 heavy (non-hydrogen) atoms. The lowest BCUT2D eigenvalue weighted by Gasteiger charge is -2.20. The lowest BCUT2D eigenvalue weighted by molar-refractivity contribution is 0.590. The molecule has 1 aromatic heterocycles. The Morgan fingerprint density at radius 2 is 1.74 bits per heavy atom. The van der Waals surface area contributed by atoms with E-state index in [0.29, 0.717) is 29.3 Å². The average Bonchev–Trinajstić information content (AvgIpc) is 2.98. The van der Waals surface area contributed by atoms with Crippen LogP contribution in [-0.2, 0) is 10.0 Å². The molecule has 1 aliphatic rings. The molecule has 0 unspecified atom stereocenters. The molecule has 138 valence electrons. The Labute approximate surface area is 158 Å². The van der Waals surface area contributed by atoms with Crippen LogP contribution in [0.4, 0.5) is 11.6 Å². The molecule has 2 aromatic carbocycles. The van der Waals surface area contributed by atoms with E-state index in [2.05, 4.69) is 16.5 Å². The number of rotatable bonds is 4. The summed E-state index contributed by atoms with van der Waals surface area (Å²) in [5.41, 5.74) is 3.13. The fourth-order valence-electron chi connectivity index (χ4n) is 3.35. The molecular formula is C20H20N4O2S. The van der Waals surface area contributed by atoms with Gasteiger partial charge in [0.05, 0.1) is 15.9 Å². The maximum atomic E-state index is 13.4. The van der Waals surface area contributed by atoms with Crippen LogP contribution in [0.15, 0.2) is 60.0 Å². The predicted octanol–water partition coefficient (Wildman–Crippen LogP) is 3.41. The molecule has 0 radical (unpaired) electrons. The SMILES string of the molecule is C=CCN1CN(S(=O)(=O)c2ccc(C)cc2C)c2nc3ccccc3nc21. The fourth-order valence-corrected chi connectivity index (χ4v) is 4.93. The van der Waals surface area contributed by atoms with Crippen molar-refractivity contribution in [2.24, 2.45) is 0 Å². The first-order valence-corrected chi connectivity index (χ1v) is 10.1. The third-order valence-electron chi connectivity index (χ3n) is 4.62. The number of nitrogens with zero attached hydrogens (tertiary/aromatic N) is 4. The van der Waals surface area contributed by atoms with Gasteiger partial charge in [-0.05, 0) is 37.6 Å². The van der Waals surface area contributed by atoms with Crippen molar-refractivity contribution in [1.82, 2.24) is 9.97 Å². The van der Waals surface area contributed by atoms with Crippen LogP contribution in [0, 0.1) is 13.8 Å². The predicted molar refractivity (Wildman–Crippen MR) is 108 cm³/mol. The van der Waals surface area contributed by atoms with Crippen LogP contribution in [0.3, 0.4) is 0 Å². The smallest absolute Gasteiger partial charge is 0.267 e. The first kappa shape index (κ1) is 17.5. The van der Waals surface area contributed by atoms with E-state index in [1.807, 2.05) is 55.1 Å². The molecule has 0 saturated carbocycles. The van der Waals surface area contributed by atoms with Gasteiger partial charge in [0, 0.05) is 6.54 Å². The van der Waals surface area contributed by atoms with Gasteiger partial charge < -0.3 is 4.90 Å². The molecule has 0 fully saturated rings. The maximum Gasteiger partial charge on any atom is 0.267 e. The molecule has 0 bridgehead atoms. The normalized spacial score (nSPS) is 13.9. The third kappa shape index (κ3) is 2.84. The van der Waals surface area contributed by atoms with Gasteiger partial charge in [-0.1, -0.05) is 35.9 Å². The zero-order valence-corrected chi connectivity index (χ0v) is 16.1. The Morgan fingerprint density at radius 3 is 2.37 bits per heavy atom. The summed E-state index contributed by atoms with van der Waals surface area (Å²) in [5, 5.41) is 0. The highest BCUT2D eigenvalue weighted by atomic mass is 32.2. The standard InChI is InChI=1S/C20H20N4O2S/c1-4-11-23-13-24(27(25,26)18-10-9-14(2)12-15(18)3)20-19(23)21-16-7-5-6-8-17(16)22-20/h4-10,12H,1,11,13H2,2-3H3. The molecule has 6 nitrogen and oxygen atoms in total. The van der Waals surface area contributed by atoms with Crippen LogP contribution in [0.25, 0.3) is 11.0 Å². The molecule has 0 saturated heterocycles. The summed E-state index contributed by atoms with van der Waals surface area (Å²) >= 11 is 0. The van der Waals surface area contributed by atoms with Gasteiger partial charge in [0.1, 0.15) is 6.67 Å². The van der Waals surface area contributed by atoms with Gasteiger partial charge in [0.15, 0.2) is 11.6 Å². The van der Waals surface area contributed by atoms with Gasteiger partial charge in [-0.2, -0.15) is 0 Å². The molecule has 1 aliphatic heterocycles. The summed E-state index contributed by atoms with van der Waals surface area (Å²) in [6, 6.07) is 12.8. The quantitative estimate of drug-likeness (QED) is 0.649. The summed E-state index contributed by atoms with van der Waals surface area (Å²) in [5.74, 6) is 0.914.